The van der Waals surface area contributed by atoms with E-state index in [4.69, 9.17) is 11.6 Å². The number of hydrogen-bond donors (Lipinski definition) is 0. The minimum atomic E-state index is -0.371. The quantitative estimate of drug-likeness (QED) is 0.717. The van der Waals surface area contributed by atoms with Crippen molar-refractivity contribution in [3.63, 3.8) is 0 Å². The van der Waals surface area contributed by atoms with Crippen molar-refractivity contribution in [2.45, 2.75) is 38.1 Å². The maximum absolute atomic E-state index is 12.9. The molecular formula is C16H19BrClN3O2. The van der Waals surface area contributed by atoms with Crippen LogP contribution in [0.1, 0.15) is 42.5 Å². The zero-order valence-electron chi connectivity index (χ0n) is 12.8. The van der Waals surface area contributed by atoms with Crippen molar-refractivity contribution in [2.75, 3.05) is 19.6 Å². The lowest BCUT2D eigenvalue weighted by Gasteiger charge is -2.36. The molecule has 0 spiro atoms. The van der Waals surface area contributed by atoms with Crippen molar-refractivity contribution in [2.24, 2.45) is 0 Å². The molecule has 0 N–H and O–H groups in total. The predicted octanol–water partition coefficient (Wildman–Crippen LogP) is 3.11. The first-order valence-electron chi connectivity index (χ1n) is 7.99. The fourth-order valence-corrected chi connectivity index (χ4v) is 3.82. The van der Waals surface area contributed by atoms with Gasteiger partial charge in [-0.1, -0.05) is 11.6 Å². The lowest BCUT2D eigenvalue weighted by Crippen LogP contribution is -2.52. The fourth-order valence-electron chi connectivity index (χ4n) is 3.31. The summed E-state index contributed by atoms with van der Waals surface area (Å²) in [6, 6.07) is 1.30. The molecule has 1 aromatic heterocycles. The molecule has 1 unspecified atom stereocenters. The standard InChI is InChI=1S/C16H19BrClN3O2/c17-11-9-12(14(18)19-10-11)15(22)21-8-2-1-5-13(21)16(23)20-6-3-4-7-20/h9-10,13H,1-8H2. The van der Waals surface area contributed by atoms with Crippen molar-refractivity contribution in [3.8, 4) is 0 Å². The average molecular weight is 401 g/mol. The van der Waals surface area contributed by atoms with E-state index in [1.807, 2.05) is 4.90 Å². The van der Waals surface area contributed by atoms with Gasteiger partial charge in [-0.05, 0) is 54.1 Å². The van der Waals surface area contributed by atoms with Gasteiger partial charge in [0.15, 0.2) is 0 Å². The first-order valence-corrected chi connectivity index (χ1v) is 9.16. The third kappa shape index (κ3) is 3.53. The number of rotatable bonds is 2. The molecule has 0 aromatic carbocycles. The highest BCUT2D eigenvalue weighted by Gasteiger charge is 2.36. The predicted molar refractivity (Wildman–Crippen MR) is 91.4 cm³/mol. The van der Waals surface area contributed by atoms with Gasteiger partial charge in [0.05, 0.1) is 5.56 Å². The fraction of sp³-hybridized carbons (Fsp3) is 0.562. The van der Waals surface area contributed by atoms with Crippen molar-refractivity contribution in [3.05, 3.63) is 27.5 Å². The van der Waals surface area contributed by atoms with Crippen molar-refractivity contribution < 1.29 is 9.59 Å². The molecule has 0 bridgehead atoms. The summed E-state index contributed by atoms with van der Waals surface area (Å²) in [5, 5.41) is 0.177. The van der Waals surface area contributed by atoms with E-state index in [0.29, 0.717) is 16.6 Å². The second-order valence-corrected chi connectivity index (χ2v) is 7.31. The smallest absolute Gasteiger partial charge is 0.257 e. The van der Waals surface area contributed by atoms with Crippen molar-refractivity contribution in [1.82, 2.24) is 14.8 Å². The lowest BCUT2D eigenvalue weighted by atomic mass is 10.00. The molecule has 3 rings (SSSR count). The Kier molecular flexibility index (Phi) is 5.21. The molecular weight excluding hydrogens is 382 g/mol. The van der Waals surface area contributed by atoms with Crippen LogP contribution in [-0.4, -0.2) is 52.3 Å². The van der Waals surface area contributed by atoms with Gasteiger partial charge in [0.1, 0.15) is 11.2 Å². The third-order valence-electron chi connectivity index (χ3n) is 4.50. The number of carbonyl (C=O) groups is 2. The first-order chi connectivity index (χ1) is 11.1. The van der Waals surface area contributed by atoms with Gasteiger partial charge >= 0.3 is 0 Å². The van der Waals surface area contributed by atoms with Crippen LogP contribution in [0.25, 0.3) is 0 Å². The minimum absolute atomic E-state index is 0.0784. The van der Waals surface area contributed by atoms with E-state index in [2.05, 4.69) is 20.9 Å². The molecule has 3 heterocycles. The molecule has 2 aliphatic heterocycles. The van der Waals surface area contributed by atoms with Crippen molar-refractivity contribution in [1.29, 1.82) is 0 Å². The average Bonchev–Trinajstić information content (AvgIpc) is 3.10. The Balaban J connectivity index is 1.84. The Labute approximate surface area is 149 Å². The van der Waals surface area contributed by atoms with Crippen LogP contribution >= 0.6 is 27.5 Å². The van der Waals surface area contributed by atoms with Crippen LogP contribution in [0.4, 0.5) is 0 Å². The largest absolute Gasteiger partial charge is 0.341 e. The molecule has 2 aliphatic rings. The second kappa shape index (κ2) is 7.18. The van der Waals surface area contributed by atoms with E-state index < -0.39 is 0 Å². The van der Waals surface area contributed by atoms with Gasteiger partial charge in [-0.2, -0.15) is 0 Å². The summed E-state index contributed by atoms with van der Waals surface area (Å²) in [5.74, 6) is -0.129. The summed E-state index contributed by atoms with van der Waals surface area (Å²) in [5.41, 5.74) is 0.349. The summed E-state index contributed by atoms with van der Waals surface area (Å²) < 4.78 is 0.699. The monoisotopic (exact) mass is 399 g/mol. The van der Waals surface area contributed by atoms with E-state index in [0.717, 1.165) is 45.2 Å². The highest BCUT2D eigenvalue weighted by Crippen LogP contribution is 2.26. The highest BCUT2D eigenvalue weighted by atomic mass is 79.9. The van der Waals surface area contributed by atoms with Crippen LogP contribution in [-0.2, 0) is 4.79 Å². The van der Waals surface area contributed by atoms with Gasteiger partial charge < -0.3 is 9.80 Å². The number of pyridine rings is 1. The van der Waals surface area contributed by atoms with Gasteiger partial charge in [0.25, 0.3) is 5.91 Å². The summed E-state index contributed by atoms with van der Waals surface area (Å²) in [4.78, 5) is 33.3. The molecule has 0 saturated carbocycles. The van der Waals surface area contributed by atoms with Gasteiger partial charge in [0.2, 0.25) is 5.91 Å². The molecule has 23 heavy (non-hydrogen) atoms. The molecule has 5 nitrogen and oxygen atoms in total. The highest BCUT2D eigenvalue weighted by molar-refractivity contribution is 9.10. The SMILES string of the molecule is O=C(C1CCCCN1C(=O)c1cc(Br)cnc1Cl)N1CCCC1. The van der Waals surface area contributed by atoms with E-state index in [1.165, 1.54) is 0 Å². The topological polar surface area (TPSA) is 53.5 Å². The number of halogens is 2. The van der Waals surface area contributed by atoms with Crippen LogP contribution in [0.3, 0.4) is 0 Å². The third-order valence-corrected chi connectivity index (χ3v) is 5.24. The molecule has 1 atom stereocenters. The Bertz CT molecular complexity index is 619. The zero-order chi connectivity index (χ0) is 16.4. The molecule has 2 amide bonds. The molecule has 0 aliphatic carbocycles. The van der Waals surface area contributed by atoms with Gasteiger partial charge in [-0.3, -0.25) is 9.59 Å². The maximum Gasteiger partial charge on any atom is 0.257 e. The van der Waals surface area contributed by atoms with E-state index in [9.17, 15) is 9.59 Å². The van der Waals surface area contributed by atoms with Gasteiger partial charge in [-0.25, -0.2) is 4.98 Å². The van der Waals surface area contributed by atoms with Crippen LogP contribution in [0.15, 0.2) is 16.7 Å². The summed E-state index contributed by atoms with van der Waals surface area (Å²) in [6.45, 7) is 2.19. The summed E-state index contributed by atoms with van der Waals surface area (Å²) >= 11 is 9.41. The number of hydrogen-bond acceptors (Lipinski definition) is 3. The molecule has 2 fully saturated rings. The van der Waals surface area contributed by atoms with Gasteiger partial charge in [0, 0.05) is 30.3 Å². The Morgan fingerprint density at radius 2 is 1.87 bits per heavy atom. The lowest BCUT2D eigenvalue weighted by molar-refractivity contribution is -0.136. The number of aromatic nitrogens is 1. The molecule has 7 heteroatoms. The van der Waals surface area contributed by atoms with Crippen LogP contribution < -0.4 is 0 Å². The van der Waals surface area contributed by atoms with Crippen LogP contribution in [0.2, 0.25) is 5.15 Å². The minimum Gasteiger partial charge on any atom is -0.341 e. The Morgan fingerprint density at radius 1 is 1.17 bits per heavy atom. The van der Waals surface area contributed by atoms with Crippen LogP contribution in [0.5, 0.6) is 0 Å². The molecule has 1 aromatic rings. The normalized spacial score (nSPS) is 21.6. The second-order valence-electron chi connectivity index (χ2n) is 6.03. The Morgan fingerprint density at radius 3 is 2.61 bits per heavy atom. The number of likely N-dealkylation sites (tertiary alicyclic amines) is 2. The van der Waals surface area contributed by atoms with E-state index in [-0.39, 0.29) is 23.0 Å². The van der Waals surface area contributed by atoms with Crippen LogP contribution in [0, 0.1) is 0 Å². The Hall–Kier alpha value is -1.14. The van der Waals surface area contributed by atoms with Crippen molar-refractivity contribution >= 4 is 39.3 Å². The molecule has 0 radical (unpaired) electrons. The summed E-state index contributed by atoms with van der Waals surface area (Å²) in [6.07, 6.45) is 6.26. The number of piperidine rings is 1. The number of amides is 2. The molecule has 2 saturated heterocycles. The molecule has 124 valence electrons. The maximum atomic E-state index is 12.9. The number of carbonyl (C=O) groups excluding carboxylic acids is 2. The zero-order valence-corrected chi connectivity index (χ0v) is 15.1. The number of nitrogens with zero attached hydrogens (tertiary/aromatic N) is 3. The summed E-state index contributed by atoms with van der Waals surface area (Å²) in [7, 11) is 0. The van der Waals surface area contributed by atoms with Gasteiger partial charge in [-0.15, -0.1) is 0 Å². The van der Waals surface area contributed by atoms with E-state index in [1.54, 1.807) is 17.2 Å². The van der Waals surface area contributed by atoms with E-state index >= 15 is 0 Å². The first kappa shape index (κ1) is 16.7.